The molecule has 3 N–H and O–H groups in total. The third-order valence-corrected chi connectivity index (χ3v) is 4.35. The maximum Gasteiger partial charge on any atom is 0.275 e. The molecule has 2 aromatic rings. The topological polar surface area (TPSA) is 91.2 Å². The second-order valence-corrected chi connectivity index (χ2v) is 6.01. The largest absolute Gasteiger partial charge is 0.503 e. The number of aromatic hydroxyl groups is 2. The summed E-state index contributed by atoms with van der Waals surface area (Å²) in [6.45, 7) is 0. The standard InChI is InChI=1S/C15H12Br2N2O4/c1-23-11-5-3-2-4-9(11)15(22)19-18-7-8-6-10(16)13(20)14(21)12(8)17/h2-7,20-21H,1H3,(H,19,22)/b18-7-. The first-order valence-corrected chi connectivity index (χ1v) is 7.90. The lowest BCUT2D eigenvalue weighted by Crippen LogP contribution is -2.18. The van der Waals surface area contributed by atoms with Crippen molar-refractivity contribution in [1.82, 2.24) is 5.43 Å². The average molecular weight is 444 g/mol. The molecule has 0 bridgehead atoms. The minimum Gasteiger partial charge on any atom is -0.503 e. The summed E-state index contributed by atoms with van der Waals surface area (Å²) < 4.78 is 5.67. The van der Waals surface area contributed by atoms with Crippen LogP contribution in [0.5, 0.6) is 17.2 Å². The number of phenolic OH excluding ortho intramolecular Hbond substituents is 2. The number of ether oxygens (including phenoxy) is 1. The fraction of sp³-hybridized carbons (Fsp3) is 0.0667. The van der Waals surface area contributed by atoms with Gasteiger partial charge in [-0.3, -0.25) is 4.79 Å². The van der Waals surface area contributed by atoms with Crippen LogP contribution in [0.4, 0.5) is 0 Å². The quantitative estimate of drug-likeness (QED) is 0.383. The Bertz CT molecular complexity index is 778. The molecule has 0 aliphatic rings. The summed E-state index contributed by atoms with van der Waals surface area (Å²) >= 11 is 6.26. The lowest BCUT2D eigenvalue weighted by atomic mass is 10.2. The van der Waals surface area contributed by atoms with E-state index >= 15 is 0 Å². The Morgan fingerprint density at radius 1 is 1.26 bits per heavy atom. The molecule has 8 heteroatoms. The molecule has 1 amide bonds. The summed E-state index contributed by atoms with van der Waals surface area (Å²) in [4.78, 5) is 12.1. The molecule has 0 heterocycles. The maximum absolute atomic E-state index is 12.1. The van der Waals surface area contributed by atoms with Crippen LogP contribution in [0, 0.1) is 0 Å². The first-order valence-electron chi connectivity index (χ1n) is 6.32. The highest BCUT2D eigenvalue weighted by Crippen LogP contribution is 2.40. The molecule has 6 nitrogen and oxygen atoms in total. The average Bonchev–Trinajstić information content (AvgIpc) is 2.57. The minimum atomic E-state index is -0.433. The van der Waals surface area contributed by atoms with Crippen molar-refractivity contribution in [3.63, 3.8) is 0 Å². The summed E-state index contributed by atoms with van der Waals surface area (Å²) in [7, 11) is 1.48. The predicted molar refractivity (Wildman–Crippen MR) is 93.2 cm³/mol. The SMILES string of the molecule is COc1ccccc1C(=O)N/N=C\c1cc(Br)c(O)c(O)c1Br. The summed E-state index contributed by atoms with van der Waals surface area (Å²) in [5, 5.41) is 23.1. The zero-order chi connectivity index (χ0) is 17.0. The molecule has 23 heavy (non-hydrogen) atoms. The zero-order valence-corrected chi connectivity index (χ0v) is 15.1. The van der Waals surface area contributed by atoms with E-state index in [4.69, 9.17) is 4.74 Å². The molecule has 0 spiro atoms. The number of rotatable bonds is 4. The van der Waals surface area contributed by atoms with Gasteiger partial charge in [-0.1, -0.05) is 12.1 Å². The number of methoxy groups -OCH3 is 1. The molecular weight excluding hydrogens is 432 g/mol. The van der Waals surface area contributed by atoms with Crippen LogP contribution in [0.1, 0.15) is 15.9 Å². The Balaban J connectivity index is 2.18. The fourth-order valence-corrected chi connectivity index (χ4v) is 2.61. The molecule has 0 unspecified atom stereocenters. The molecule has 0 radical (unpaired) electrons. The summed E-state index contributed by atoms with van der Waals surface area (Å²) in [5.74, 6) is -0.604. The van der Waals surface area contributed by atoms with E-state index < -0.39 is 5.91 Å². The van der Waals surface area contributed by atoms with Gasteiger partial charge in [0.25, 0.3) is 5.91 Å². The van der Waals surface area contributed by atoms with Gasteiger partial charge < -0.3 is 14.9 Å². The van der Waals surface area contributed by atoms with Crippen molar-refractivity contribution in [3.05, 3.63) is 50.4 Å². The number of carbonyl (C=O) groups excluding carboxylic acids is 1. The molecule has 2 rings (SSSR count). The molecule has 0 aliphatic carbocycles. The summed E-state index contributed by atoms with van der Waals surface area (Å²) in [6, 6.07) is 8.30. The van der Waals surface area contributed by atoms with E-state index in [9.17, 15) is 15.0 Å². The van der Waals surface area contributed by atoms with Gasteiger partial charge in [0.1, 0.15) is 5.75 Å². The van der Waals surface area contributed by atoms with Gasteiger partial charge in [-0.2, -0.15) is 5.10 Å². The number of hydrogen-bond donors (Lipinski definition) is 3. The molecular formula is C15H12Br2N2O4. The first-order chi connectivity index (χ1) is 11.0. The number of hydrazone groups is 1. The Labute approximate surface area is 149 Å². The maximum atomic E-state index is 12.1. The van der Waals surface area contributed by atoms with Crippen LogP contribution in [0.3, 0.4) is 0 Å². The van der Waals surface area contributed by atoms with Crippen molar-refractivity contribution >= 4 is 44.0 Å². The highest BCUT2D eigenvalue weighted by Gasteiger charge is 2.13. The number of phenols is 2. The summed E-state index contributed by atoms with van der Waals surface area (Å²) in [6.07, 6.45) is 1.33. The van der Waals surface area contributed by atoms with Crippen molar-refractivity contribution < 1.29 is 19.7 Å². The Kier molecular flexibility index (Phi) is 5.62. The molecule has 0 saturated heterocycles. The lowest BCUT2D eigenvalue weighted by molar-refractivity contribution is 0.0952. The van der Waals surface area contributed by atoms with E-state index in [1.807, 2.05) is 0 Å². The van der Waals surface area contributed by atoms with Crippen LogP contribution < -0.4 is 10.2 Å². The number of hydrogen-bond acceptors (Lipinski definition) is 5. The highest BCUT2D eigenvalue weighted by atomic mass is 79.9. The number of halogens is 2. The van der Waals surface area contributed by atoms with Gasteiger partial charge in [0.05, 0.1) is 27.8 Å². The van der Waals surface area contributed by atoms with Crippen molar-refractivity contribution in [2.75, 3.05) is 7.11 Å². The van der Waals surface area contributed by atoms with Gasteiger partial charge in [0, 0.05) is 5.56 Å². The lowest BCUT2D eigenvalue weighted by Gasteiger charge is -2.07. The van der Waals surface area contributed by atoms with E-state index in [1.54, 1.807) is 24.3 Å². The van der Waals surface area contributed by atoms with Gasteiger partial charge in [-0.15, -0.1) is 0 Å². The van der Waals surface area contributed by atoms with E-state index in [2.05, 4.69) is 42.4 Å². The van der Waals surface area contributed by atoms with Crippen LogP contribution >= 0.6 is 31.9 Å². The van der Waals surface area contributed by atoms with Crippen molar-refractivity contribution in [2.24, 2.45) is 5.10 Å². The molecule has 2 aromatic carbocycles. The Hall–Kier alpha value is -2.06. The number of nitrogens with zero attached hydrogens (tertiary/aromatic N) is 1. The number of para-hydroxylation sites is 1. The second-order valence-electron chi connectivity index (χ2n) is 4.36. The van der Waals surface area contributed by atoms with E-state index in [0.29, 0.717) is 21.3 Å². The summed E-state index contributed by atoms with van der Waals surface area (Å²) in [5.41, 5.74) is 3.19. The zero-order valence-electron chi connectivity index (χ0n) is 11.9. The van der Waals surface area contributed by atoms with Gasteiger partial charge in [-0.05, 0) is 50.1 Å². The van der Waals surface area contributed by atoms with E-state index in [1.165, 1.54) is 19.4 Å². The molecule has 120 valence electrons. The van der Waals surface area contributed by atoms with Crippen LogP contribution in [0.2, 0.25) is 0 Å². The Morgan fingerprint density at radius 3 is 2.65 bits per heavy atom. The molecule has 0 aliphatic heterocycles. The molecule has 0 aromatic heterocycles. The molecule has 0 saturated carbocycles. The van der Waals surface area contributed by atoms with E-state index in [0.717, 1.165) is 0 Å². The highest BCUT2D eigenvalue weighted by molar-refractivity contribution is 9.11. The second kappa shape index (κ2) is 7.47. The normalized spacial score (nSPS) is 10.7. The number of nitrogens with one attached hydrogen (secondary N) is 1. The minimum absolute atomic E-state index is 0.258. The monoisotopic (exact) mass is 442 g/mol. The third kappa shape index (κ3) is 3.83. The van der Waals surface area contributed by atoms with Gasteiger partial charge in [0.2, 0.25) is 0 Å². The van der Waals surface area contributed by atoms with Crippen molar-refractivity contribution in [1.29, 1.82) is 0 Å². The third-order valence-electron chi connectivity index (χ3n) is 2.92. The van der Waals surface area contributed by atoms with E-state index in [-0.39, 0.29) is 16.0 Å². The van der Waals surface area contributed by atoms with Gasteiger partial charge >= 0.3 is 0 Å². The fourth-order valence-electron chi connectivity index (χ4n) is 1.77. The number of carbonyl (C=O) groups is 1. The van der Waals surface area contributed by atoms with Crippen molar-refractivity contribution in [2.45, 2.75) is 0 Å². The predicted octanol–water partition coefficient (Wildman–Crippen LogP) is 3.40. The molecule has 0 atom stereocenters. The van der Waals surface area contributed by atoms with Crippen LogP contribution in [0.25, 0.3) is 0 Å². The van der Waals surface area contributed by atoms with Gasteiger partial charge in [0.15, 0.2) is 11.5 Å². The van der Waals surface area contributed by atoms with Crippen LogP contribution in [-0.4, -0.2) is 29.4 Å². The van der Waals surface area contributed by atoms with Crippen LogP contribution in [-0.2, 0) is 0 Å². The van der Waals surface area contributed by atoms with Gasteiger partial charge in [-0.25, -0.2) is 5.43 Å². The smallest absolute Gasteiger partial charge is 0.275 e. The van der Waals surface area contributed by atoms with Crippen LogP contribution in [0.15, 0.2) is 44.4 Å². The number of amides is 1. The Morgan fingerprint density at radius 2 is 1.96 bits per heavy atom. The number of benzene rings is 2. The van der Waals surface area contributed by atoms with Crippen molar-refractivity contribution in [3.8, 4) is 17.2 Å². The first kappa shape index (κ1) is 17.3. The molecule has 0 fully saturated rings.